The number of hydrogen-bond acceptors (Lipinski definition) is 5. The normalized spacial score (nSPS) is 10.7. The van der Waals surface area contributed by atoms with Crippen LogP contribution in [-0.2, 0) is 19.5 Å². The molecule has 0 saturated carbocycles. The van der Waals surface area contributed by atoms with Gasteiger partial charge in [-0.05, 0) is 20.3 Å². The van der Waals surface area contributed by atoms with Crippen LogP contribution < -0.4 is 5.32 Å². The minimum atomic E-state index is -0.120. The van der Waals surface area contributed by atoms with Crippen LogP contribution in [0.5, 0.6) is 0 Å². The molecule has 2 aromatic heterocycles. The standard InChI is InChI=1S/C12H17N5OS/c1-4-10-15-16-11(19-10)7-13-12(18)9-6-14-17(5-2)8(9)3/h6H,4-5,7H2,1-3H3,(H,13,18). The molecule has 19 heavy (non-hydrogen) atoms. The third kappa shape index (κ3) is 2.98. The molecule has 0 saturated heterocycles. The van der Waals surface area contributed by atoms with Crippen molar-refractivity contribution in [2.75, 3.05) is 0 Å². The fourth-order valence-corrected chi connectivity index (χ4v) is 2.47. The van der Waals surface area contributed by atoms with Gasteiger partial charge in [0.15, 0.2) is 0 Å². The SMILES string of the molecule is CCc1nnc(CNC(=O)c2cnn(CC)c2C)s1. The second-order valence-corrected chi connectivity index (χ2v) is 5.23. The van der Waals surface area contributed by atoms with Gasteiger partial charge < -0.3 is 5.32 Å². The zero-order valence-electron chi connectivity index (χ0n) is 11.3. The van der Waals surface area contributed by atoms with Gasteiger partial charge in [-0.2, -0.15) is 5.10 Å². The Morgan fingerprint density at radius 1 is 1.37 bits per heavy atom. The Morgan fingerprint density at radius 2 is 2.11 bits per heavy atom. The van der Waals surface area contributed by atoms with Gasteiger partial charge in [-0.15, -0.1) is 10.2 Å². The molecule has 7 heteroatoms. The topological polar surface area (TPSA) is 72.7 Å². The van der Waals surface area contributed by atoms with E-state index in [1.807, 2.05) is 20.8 Å². The molecule has 102 valence electrons. The number of carbonyl (C=O) groups is 1. The second-order valence-electron chi connectivity index (χ2n) is 4.09. The summed E-state index contributed by atoms with van der Waals surface area (Å²) >= 11 is 1.53. The highest BCUT2D eigenvalue weighted by Gasteiger charge is 2.14. The first-order chi connectivity index (χ1) is 9.15. The Kier molecular flexibility index (Phi) is 4.26. The second kappa shape index (κ2) is 5.92. The number of aryl methyl sites for hydroxylation is 2. The van der Waals surface area contributed by atoms with E-state index in [4.69, 9.17) is 0 Å². The third-order valence-corrected chi connectivity index (χ3v) is 3.93. The Balaban J connectivity index is 1.99. The lowest BCUT2D eigenvalue weighted by Gasteiger charge is -2.03. The maximum Gasteiger partial charge on any atom is 0.255 e. The van der Waals surface area contributed by atoms with E-state index in [0.29, 0.717) is 12.1 Å². The Labute approximate surface area is 115 Å². The molecule has 0 aliphatic carbocycles. The van der Waals surface area contributed by atoms with Crippen LogP contribution in [0.25, 0.3) is 0 Å². The monoisotopic (exact) mass is 279 g/mol. The van der Waals surface area contributed by atoms with Crippen LogP contribution in [-0.4, -0.2) is 25.9 Å². The molecule has 2 rings (SSSR count). The van der Waals surface area contributed by atoms with E-state index in [2.05, 4.69) is 20.6 Å². The summed E-state index contributed by atoms with van der Waals surface area (Å²) in [5, 5.41) is 16.9. The fraction of sp³-hybridized carbons (Fsp3) is 0.500. The average molecular weight is 279 g/mol. The molecule has 0 bridgehead atoms. The number of amides is 1. The molecule has 1 N–H and O–H groups in total. The number of hydrogen-bond donors (Lipinski definition) is 1. The maximum atomic E-state index is 12.0. The van der Waals surface area contributed by atoms with Gasteiger partial charge in [0.1, 0.15) is 10.0 Å². The van der Waals surface area contributed by atoms with Crippen molar-refractivity contribution in [1.82, 2.24) is 25.3 Å². The summed E-state index contributed by atoms with van der Waals surface area (Å²) in [6, 6.07) is 0. The molecule has 0 aromatic carbocycles. The molecule has 2 heterocycles. The van der Waals surface area contributed by atoms with Crippen molar-refractivity contribution in [2.45, 2.75) is 40.3 Å². The molecule has 0 aliphatic heterocycles. The molecule has 1 amide bonds. The van der Waals surface area contributed by atoms with Crippen LogP contribution in [0.1, 0.15) is 39.9 Å². The van der Waals surface area contributed by atoms with Crippen LogP contribution >= 0.6 is 11.3 Å². The Bertz CT molecular complexity index is 574. The van der Waals surface area contributed by atoms with Gasteiger partial charge in [-0.1, -0.05) is 18.3 Å². The molecule has 0 radical (unpaired) electrons. The first kappa shape index (κ1) is 13.7. The Hall–Kier alpha value is -1.76. The quantitative estimate of drug-likeness (QED) is 0.901. The lowest BCUT2D eigenvalue weighted by molar-refractivity contribution is 0.0950. The van der Waals surface area contributed by atoms with Crippen molar-refractivity contribution >= 4 is 17.2 Å². The van der Waals surface area contributed by atoms with Crippen molar-refractivity contribution < 1.29 is 4.79 Å². The zero-order chi connectivity index (χ0) is 13.8. The van der Waals surface area contributed by atoms with Crippen molar-refractivity contribution in [2.24, 2.45) is 0 Å². The molecule has 0 spiro atoms. The summed E-state index contributed by atoms with van der Waals surface area (Å²) < 4.78 is 1.80. The van der Waals surface area contributed by atoms with E-state index in [1.54, 1.807) is 10.9 Å². The van der Waals surface area contributed by atoms with Crippen molar-refractivity contribution in [3.8, 4) is 0 Å². The van der Waals surface area contributed by atoms with E-state index in [1.165, 1.54) is 11.3 Å². The summed E-state index contributed by atoms with van der Waals surface area (Å²) in [6.07, 6.45) is 2.47. The Morgan fingerprint density at radius 3 is 2.68 bits per heavy atom. The van der Waals surface area contributed by atoms with E-state index < -0.39 is 0 Å². The summed E-state index contributed by atoms with van der Waals surface area (Å²) in [6.45, 7) is 7.09. The lowest BCUT2D eigenvalue weighted by Crippen LogP contribution is -2.23. The van der Waals surface area contributed by atoms with Crippen molar-refractivity contribution in [3.63, 3.8) is 0 Å². The van der Waals surface area contributed by atoms with Crippen LogP contribution in [0.15, 0.2) is 6.20 Å². The van der Waals surface area contributed by atoms with Crippen molar-refractivity contribution in [1.29, 1.82) is 0 Å². The van der Waals surface area contributed by atoms with Crippen LogP contribution in [0.2, 0.25) is 0 Å². The lowest BCUT2D eigenvalue weighted by atomic mass is 10.2. The first-order valence-electron chi connectivity index (χ1n) is 6.27. The molecule has 0 aliphatic rings. The summed E-state index contributed by atoms with van der Waals surface area (Å²) in [5.74, 6) is -0.120. The van der Waals surface area contributed by atoms with Gasteiger partial charge >= 0.3 is 0 Å². The number of rotatable bonds is 5. The van der Waals surface area contributed by atoms with Gasteiger partial charge in [-0.3, -0.25) is 9.48 Å². The van der Waals surface area contributed by atoms with E-state index in [-0.39, 0.29) is 5.91 Å². The molecule has 0 unspecified atom stereocenters. The van der Waals surface area contributed by atoms with Crippen LogP contribution in [0.4, 0.5) is 0 Å². The minimum Gasteiger partial charge on any atom is -0.345 e. The van der Waals surface area contributed by atoms with E-state index in [9.17, 15) is 4.79 Å². The van der Waals surface area contributed by atoms with Gasteiger partial charge in [0, 0.05) is 12.2 Å². The number of carbonyl (C=O) groups excluding carboxylic acids is 1. The van der Waals surface area contributed by atoms with Gasteiger partial charge in [0.2, 0.25) is 0 Å². The van der Waals surface area contributed by atoms with Gasteiger partial charge in [0.05, 0.1) is 18.3 Å². The number of nitrogens with one attached hydrogen (secondary N) is 1. The largest absolute Gasteiger partial charge is 0.345 e. The van der Waals surface area contributed by atoms with Crippen LogP contribution in [0.3, 0.4) is 0 Å². The average Bonchev–Trinajstić information content (AvgIpc) is 3.02. The van der Waals surface area contributed by atoms with E-state index in [0.717, 1.165) is 28.7 Å². The highest BCUT2D eigenvalue weighted by Crippen LogP contribution is 2.11. The van der Waals surface area contributed by atoms with Gasteiger partial charge in [0.25, 0.3) is 5.91 Å². The smallest absolute Gasteiger partial charge is 0.255 e. The summed E-state index contributed by atoms with van der Waals surface area (Å²) in [4.78, 5) is 12.0. The summed E-state index contributed by atoms with van der Waals surface area (Å²) in [5.41, 5.74) is 1.49. The highest BCUT2D eigenvalue weighted by atomic mass is 32.1. The summed E-state index contributed by atoms with van der Waals surface area (Å²) in [7, 11) is 0. The molecule has 0 fully saturated rings. The molecule has 2 aromatic rings. The highest BCUT2D eigenvalue weighted by molar-refractivity contribution is 7.11. The van der Waals surface area contributed by atoms with Crippen molar-refractivity contribution in [3.05, 3.63) is 27.5 Å². The van der Waals surface area contributed by atoms with Crippen LogP contribution in [0, 0.1) is 6.92 Å². The first-order valence-corrected chi connectivity index (χ1v) is 7.09. The molecule has 0 atom stereocenters. The number of aromatic nitrogens is 4. The fourth-order valence-electron chi connectivity index (χ4n) is 1.74. The van der Waals surface area contributed by atoms with Gasteiger partial charge in [-0.25, -0.2) is 0 Å². The predicted octanol–water partition coefficient (Wildman–Crippen LogP) is 1.56. The molecule has 6 nitrogen and oxygen atoms in total. The van der Waals surface area contributed by atoms with E-state index >= 15 is 0 Å². The maximum absolute atomic E-state index is 12.0. The third-order valence-electron chi connectivity index (χ3n) is 2.86. The molecular formula is C12H17N5OS. The number of nitrogens with zero attached hydrogens (tertiary/aromatic N) is 4. The minimum absolute atomic E-state index is 0.120. The molecular weight excluding hydrogens is 262 g/mol. The zero-order valence-corrected chi connectivity index (χ0v) is 12.1. The predicted molar refractivity (Wildman–Crippen MR) is 73.1 cm³/mol.